The number of rotatable bonds is 8. The van der Waals surface area contributed by atoms with Gasteiger partial charge in [0.1, 0.15) is 5.00 Å². The Balaban J connectivity index is 1.57. The molecule has 2 N–H and O–H groups in total. The summed E-state index contributed by atoms with van der Waals surface area (Å²) in [7, 11) is -2.49. The van der Waals surface area contributed by atoms with Crippen molar-refractivity contribution in [1.29, 1.82) is 0 Å². The van der Waals surface area contributed by atoms with Crippen molar-refractivity contribution < 1.29 is 27.5 Å². The standard InChI is InChI=1S/C27H36N4O6S2/c1-4-14-30-16-13-21-22(17-30)38-26(23(21)25(33)29-27(34)37-3)28-24(32)18-9-11-20(12-10-18)39(35,36)31-15-7-6-8-19(31)5-2/h9-12,19H,4-8,13-17H2,1-3H3,(H,28,32)(H,29,33,34). The maximum absolute atomic E-state index is 13.3. The lowest BCUT2D eigenvalue weighted by atomic mass is 10.0. The summed E-state index contributed by atoms with van der Waals surface area (Å²) in [4.78, 5) is 41.4. The summed E-state index contributed by atoms with van der Waals surface area (Å²) in [6, 6.07) is 5.87. The van der Waals surface area contributed by atoms with Crippen molar-refractivity contribution in [2.24, 2.45) is 0 Å². The lowest BCUT2D eigenvalue weighted by Gasteiger charge is -2.34. The van der Waals surface area contributed by atoms with Crippen LogP contribution in [0.5, 0.6) is 0 Å². The molecule has 1 aromatic carbocycles. The van der Waals surface area contributed by atoms with Crippen molar-refractivity contribution >= 4 is 44.3 Å². The average Bonchev–Trinajstić information content (AvgIpc) is 3.30. The Labute approximate surface area is 233 Å². The molecule has 0 bridgehead atoms. The van der Waals surface area contributed by atoms with Gasteiger partial charge in [-0.3, -0.25) is 19.8 Å². The number of hydrogen-bond acceptors (Lipinski definition) is 8. The molecule has 2 aliphatic heterocycles. The number of carbonyl (C=O) groups excluding carboxylic acids is 3. The van der Waals surface area contributed by atoms with Gasteiger partial charge in [-0.15, -0.1) is 11.3 Å². The highest BCUT2D eigenvalue weighted by Gasteiger charge is 2.33. The fourth-order valence-electron chi connectivity index (χ4n) is 5.29. The van der Waals surface area contributed by atoms with Crippen LogP contribution < -0.4 is 10.6 Å². The number of fused-ring (bicyclic) bond motifs is 1. The van der Waals surface area contributed by atoms with Crippen LogP contribution in [-0.2, 0) is 27.7 Å². The predicted molar refractivity (Wildman–Crippen MR) is 150 cm³/mol. The van der Waals surface area contributed by atoms with E-state index in [4.69, 9.17) is 0 Å². The second kappa shape index (κ2) is 12.6. The summed E-state index contributed by atoms with van der Waals surface area (Å²) in [5.41, 5.74) is 1.34. The minimum atomic E-state index is -3.67. The maximum atomic E-state index is 13.3. The minimum Gasteiger partial charge on any atom is -0.453 e. The molecule has 1 unspecified atom stereocenters. The molecule has 4 rings (SSSR count). The van der Waals surface area contributed by atoms with Crippen LogP contribution in [0.4, 0.5) is 9.80 Å². The Hall–Kier alpha value is -2.80. The third kappa shape index (κ3) is 6.34. The first kappa shape index (κ1) is 29.2. The zero-order valence-electron chi connectivity index (χ0n) is 22.6. The van der Waals surface area contributed by atoms with Gasteiger partial charge in [-0.2, -0.15) is 4.31 Å². The first-order valence-corrected chi connectivity index (χ1v) is 15.6. The third-order valence-electron chi connectivity index (χ3n) is 7.30. The quantitative estimate of drug-likeness (QED) is 0.482. The monoisotopic (exact) mass is 576 g/mol. The molecule has 2 aromatic rings. The van der Waals surface area contributed by atoms with E-state index in [0.29, 0.717) is 24.5 Å². The molecular formula is C27H36N4O6S2. The van der Waals surface area contributed by atoms with Crippen molar-refractivity contribution in [3.05, 3.63) is 45.8 Å². The first-order chi connectivity index (χ1) is 18.7. The van der Waals surface area contributed by atoms with Crippen molar-refractivity contribution in [1.82, 2.24) is 14.5 Å². The van der Waals surface area contributed by atoms with E-state index in [0.717, 1.165) is 55.6 Å². The van der Waals surface area contributed by atoms with Crippen molar-refractivity contribution in [3.63, 3.8) is 0 Å². The third-order valence-corrected chi connectivity index (χ3v) is 10.4. The summed E-state index contributed by atoms with van der Waals surface area (Å²) in [5, 5.41) is 5.38. The number of sulfonamides is 1. The van der Waals surface area contributed by atoms with E-state index in [1.807, 2.05) is 6.92 Å². The molecule has 3 heterocycles. The zero-order valence-corrected chi connectivity index (χ0v) is 24.3. The number of nitrogens with one attached hydrogen (secondary N) is 2. The Kier molecular flexibility index (Phi) is 9.42. The SMILES string of the molecule is CCCN1CCc2c(sc(NC(=O)c3ccc(S(=O)(=O)N4CCCCC4CC)cc3)c2C(=O)NC(=O)OC)C1. The van der Waals surface area contributed by atoms with Gasteiger partial charge in [0.2, 0.25) is 10.0 Å². The number of methoxy groups -OCH3 is 1. The van der Waals surface area contributed by atoms with E-state index >= 15 is 0 Å². The molecule has 1 atom stereocenters. The van der Waals surface area contributed by atoms with Gasteiger partial charge in [0.05, 0.1) is 17.6 Å². The Morgan fingerprint density at radius 1 is 1.08 bits per heavy atom. The number of piperidine rings is 1. The lowest BCUT2D eigenvalue weighted by molar-refractivity contribution is 0.0936. The number of nitrogens with zero attached hydrogens (tertiary/aromatic N) is 2. The summed E-state index contributed by atoms with van der Waals surface area (Å²) in [6.45, 7) is 6.96. The van der Waals surface area contributed by atoms with Crippen LogP contribution in [0, 0.1) is 0 Å². The van der Waals surface area contributed by atoms with Gasteiger partial charge in [-0.1, -0.05) is 20.3 Å². The van der Waals surface area contributed by atoms with Crippen LogP contribution in [0.1, 0.15) is 77.1 Å². The highest BCUT2D eigenvalue weighted by Crippen LogP contribution is 2.37. The number of alkyl carbamates (subject to hydrolysis) is 1. The number of imide groups is 1. The predicted octanol–water partition coefficient (Wildman–Crippen LogP) is 4.22. The largest absolute Gasteiger partial charge is 0.453 e. The van der Waals surface area contributed by atoms with Crippen molar-refractivity contribution in [2.45, 2.75) is 69.9 Å². The minimum absolute atomic E-state index is 0.0144. The molecule has 10 nitrogen and oxygen atoms in total. The van der Waals surface area contributed by atoms with Gasteiger partial charge in [0.15, 0.2) is 0 Å². The molecule has 1 saturated heterocycles. The fourth-order valence-corrected chi connectivity index (χ4v) is 8.34. The topological polar surface area (TPSA) is 125 Å². The van der Waals surface area contributed by atoms with Gasteiger partial charge in [-0.25, -0.2) is 13.2 Å². The number of anilines is 1. The molecule has 1 fully saturated rings. The Morgan fingerprint density at radius 2 is 1.82 bits per heavy atom. The number of thiophene rings is 1. The molecule has 0 radical (unpaired) electrons. The van der Waals surface area contributed by atoms with E-state index in [1.165, 1.54) is 42.7 Å². The molecule has 0 aliphatic carbocycles. The van der Waals surface area contributed by atoms with E-state index in [1.54, 1.807) is 4.31 Å². The maximum Gasteiger partial charge on any atom is 0.413 e. The molecule has 0 saturated carbocycles. The van der Waals surface area contributed by atoms with Gasteiger partial charge in [0.25, 0.3) is 11.8 Å². The second-order valence-electron chi connectivity index (χ2n) is 9.83. The molecular weight excluding hydrogens is 540 g/mol. The van der Waals surface area contributed by atoms with Crippen LogP contribution in [-0.4, -0.2) is 68.3 Å². The molecule has 1 aromatic heterocycles. The van der Waals surface area contributed by atoms with Crippen molar-refractivity contribution in [2.75, 3.05) is 32.1 Å². The summed E-state index contributed by atoms with van der Waals surface area (Å²) in [5.74, 6) is -1.11. The second-order valence-corrected chi connectivity index (χ2v) is 12.8. The van der Waals surface area contributed by atoms with E-state index in [-0.39, 0.29) is 22.1 Å². The molecule has 2 aliphatic rings. The van der Waals surface area contributed by atoms with Gasteiger partial charge in [0, 0.05) is 36.1 Å². The first-order valence-electron chi connectivity index (χ1n) is 13.4. The summed E-state index contributed by atoms with van der Waals surface area (Å²) in [6.07, 6.45) is 4.21. The highest BCUT2D eigenvalue weighted by molar-refractivity contribution is 7.89. The Morgan fingerprint density at radius 3 is 2.49 bits per heavy atom. The van der Waals surface area contributed by atoms with Crippen molar-refractivity contribution in [3.8, 4) is 0 Å². The van der Waals surface area contributed by atoms with E-state index in [2.05, 4.69) is 27.2 Å². The summed E-state index contributed by atoms with van der Waals surface area (Å²) >= 11 is 1.32. The molecule has 12 heteroatoms. The molecule has 39 heavy (non-hydrogen) atoms. The zero-order chi connectivity index (χ0) is 28.2. The van der Waals surface area contributed by atoms with Gasteiger partial charge >= 0.3 is 6.09 Å². The van der Waals surface area contributed by atoms with Crippen LogP contribution in [0.3, 0.4) is 0 Å². The van der Waals surface area contributed by atoms with Crippen LogP contribution in [0.2, 0.25) is 0 Å². The van der Waals surface area contributed by atoms with Crippen LogP contribution in [0.15, 0.2) is 29.2 Å². The smallest absolute Gasteiger partial charge is 0.413 e. The molecule has 212 valence electrons. The van der Waals surface area contributed by atoms with E-state index < -0.39 is 27.9 Å². The number of carbonyl (C=O) groups is 3. The summed E-state index contributed by atoms with van der Waals surface area (Å²) < 4.78 is 32.7. The number of hydrogen-bond donors (Lipinski definition) is 2. The van der Waals surface area contributed by atoms with Gasteiger partial charge in [-0.05, 0) is 68.5 Å². The fraction of sp³-hybridized carbons (Fsp3) is 0.519. The number of amides is 3. The number of ether oxygens (including phenoxy) is 1. The highest BCUT2D eigenvalue weighted by atomic mass is 32.2. The van der Waals surface area contributed by atoms with Crippen LogP contribution >= 0.6 is 11.3 Å². The van der Waals surface area contributed by atoms with E-state index in [9.17, 15) is 22.8 Å². The lowest BCUT2D eigenvalue weighted by Crippen LogP contribution is -2.43. The normalized spacial score (nSPS) is 18.3. The molecule has 0 spiro atoms. The number of benzene rings is 1. The molecule has 3 amide bonds. The van der Waals surface area contributed by atoms with Gasteiger partial charge < -0.3 is 10.1 Å². The Bertz CT molecular complexity index is 1320. The average molecular weight is 577 g/mol. The van der Waals surface area contributed by atoms with Crippen LogP contribution in [0.25, 0.3) is 0 Å².